The topological polar surface area (TPSA) is 113 Å². The SMILES string of the molecule is CN1C(=O)c2ccc(NC(=O)c3ccccc3NS(=O)(=O)c3ccc(Cl)cc3)cc2C1=O. The van der Waals surface area contributed by atoms with E-state index in [1.165, 1.54) is 61.6 Å². The maximum atomic E-state index is 12.9. The van der Waals surface area contributed by atoms with Gasteiger partial charge < -0.3 is 5.32 Å². The van der Waals surface area contributed by atoms with Crippen LogP contribution in [0.2, 0.25) is 5.02 Å². The number of hydrogen-bond acceptors (Lipinski definition) is 5. The van der Waals surface area contributed by atoms with Gasteiger partial charge in [-0.25, -0.2) is 8.42 Å². The molecule has 3 aromatic rings. The van der Waals surface area contributed by atoms with Gasteiger partial charge in [-0.15, -0.1) is 0 Å². The number of anilines is 2. The van der Waals surface area contributed by atoms with Gasteiger partial charge in [0, 0.05) is 17.8 Å². The summed E-state index contributed by atoms with van der Waals surface area (Å²) >= 11 is 5.82. The summed E-state index contributed by atoms with van der Waals surface area (Å²) < 4.78 is 27.8. The fraction of sp³-hybridized carbons (Fsp3) is 0.0455. The molecule has 0 radical (unpaired) electrons. The fourth-order valence-corrected chi connectivity index (χ4v) is 4.43. The summed E-state index contributed by atoms with van der Waals surface area (Å²) in [6.45, 7) is 0. The van der Waals surface area contributed by atoms with E-state index in [-0.39, 0.29) is 27.3 Å². The molecule has 0 spiro atoms. The summed E-state index contributed by atoms with van der Waals surface area (Å²) in [7, 11) is -2.58. The molecule has 0 aromatic heterocycles. The molecule has 0 saturated carbocycles. The van der Waals surface area contributed by atoms with Crippen molar-refractivity contribution in [2.45, 2.75) is 4.90 Å². The number of hydrogen-bond donors (Lipinski definition) is 2. The van der Waals surface area contributed by atoms with Crippen molar-refractivity contribution in [3.63, 3.8) is 0 Å². The number of imide groups is 1. The van der Waals surface area contributed by atoms with Crippen LogP contribution in [-0.4, -0.2) is 38.1 Å². The summed E-state index contributed by atoms with van der Waals surface area (Å²) in [6, 6.07) is 16.1. The van der Waals surface area contributed by atoms with Crippen molar-refractivity contribution in [1.82, 2.24) is 4.90 Å². The van der Waals surface area contributed by atoms with Crippen molar-refractivity contribution in [1.29, 1.82) is 0 Å². The molecule has 3 amide bonds. The zero-order valence-electron chi connectivity index (χ0n) is 16.6. The fourth-order valence-electron chi connectivity index (χ4n) is 3.23. The molecule has 0 unspecified atom stereocenters. The first-order valence-electron chi connectivity index (χ1n) is 9.32. The number of amides is 3. The van der Waals surface area contributed by atoms with Crippen LogP contribution in [-0.2, 0) is 10.0 Å². The number of halogens is 1. The van der Waals surface area contributed by atoms with E-state index < -0.39 is 27.7 Å². The lowest BCUT2D eigenvalue weighted by atomic mass is 10.1. The first-order chi connectivity index (χ1) is 15.2. The van der Waals surface area contributed by atoms with Gasteiger partial charge in [-0.05, 0) is 54.6 Å². The van der Waals surface area contributed by atoms with Crippen molar-refractivity contribution in [3.8, 4) is 0 Å². The van der Waals surface area contributed by atoms with Crippen LogP contribution in [0.25, 0.3) is 0 Å². The predicted molar refractivity (Wildman–Crippen MR) is 120 cm³/mol. The summed E-state index contributed by atoms with van der Waals surface area (Å²) in [6.07, 6.45) is 0. The maximum Gasteiger partial charge on any atom is 0.261 e. The molecular formula is C22H16ClN3O5S. The van der Waals surface area contributed by atoms with Crippen molar-refractivity contribution < 1.29 is 22.8 Å². The van der Waals surface area contributed by atoms with Crippen LogP contribution in [0.1, 0.15) is 31.1 Å². The van der Waals surface area contributed by atoms with E-state index in [1.54, 1.807) is 12.1 Å². The molecule has 3 aromatic carbocycles. The van der Waals surface area contributed by atoms with Crippen LogP contribution in [0.3, 0.4) is 0 Å². The van der Waals surface area contributed by atoms with Crippen LogP contribution < -0.4 is 10.0 Å². The maximum absolute atomic E-state index is 12.9. The normalized spacial score (nSPS) is 13.1. The Labute approximate surface area is 188 Å². The monoisotopic (exact) mass is 469 g/mol. The van der Waals surface area contributed by atoms with Gasteiger partial charge >= 0.3 is 0 Å². The Balaban J connectivity index is 1.59. The minimum atomic E-state index is -3.96. The largest absolute Gasteiger partial charge is 0.322 e. The molecule has 0 saturated heterocycles. The smallest absolute Gasteiger partial charge is 0.261 e. The average Bonchev–Trinajstić information content (AvgIpc) is 2.98. The molecule has 0 bridgehead atoms. The second kappa shape index (κ2) is 8.10. The molecule has 10 heteroatoms. The van der Waals surface area contributed by atoms with Crippen molar-refractivity contribution in [2.75, 3.05) is 17.1 Å². The van der Waals surface area contributed by atoms with Gasteiger partial charge in [0.25, 0.3) is 27.7 Å². The highest BCUT2D eigenvalue weighted by Gasteiger charge is 2.32. The Morgan fingerprint density at radius 3 is 2.28 bits per heavy atom. The first-order valence-corrected chi connectivity index (χ1v) is 11.2. The highest BCUT2D eigenvalue weighted by atomic mass is 35.5. The summed E-state index contributed by atoms with van der Waals surface area (Å²) in [5.74, 6) is -1.47. The first kappa shape index (κ1) is 21.5. The molecule has 0 aliphatic carbocycles. The van der Waals surface area contributed by atoms with Gasteiger partial charge in [0.15, 0.2) is 0 Å². The third-order valence-electron chi connectivity index (χ3n) is 4.89. The number of fused-ring (bicyclic) bond motifs is 1. The van der Waals surface area contributed by atoms with E-state index in [1.807, 2.05) is 0 Å². The number of rotatable bonds is 5. The average molecular weight is 470 g/mol. The summed E-state index contributed by atoms with van der Waals surface area (Å²) in [5.41, 5.74) is 0.886. The highest BCUT2D eigenvalue weighted by Crippen LogP contribution is 2.26. The van der Waals surface area contributed by atoms with Crippen LogP contribution in [0.4, 0.5) is 11.4 Å². The molecule has 0 fully saturated rings. The second-order valence-electron chi connectivity index (χ2n) is 6.99. The molecule has 162 valence electrons. The minimum Gasteiger partial charge on any atom is -0.322 e. The number of carbonyl (C=O) groups is 3. The number of para-hydroxylation sites is 1. The van der Waals surface area contributed by atoms with Crippen molar-refractivity contribution in [3.05, 3.63) is 88.4 Å². The Morgan fingerprint density at radius 2 is 1.56 bits per heavy atom. The molecule has 2 N–H and O–H groups in total. The third-order valence-corrected chi connectivity index (χ3v) is 6.52. The lowest BCUT2D eigenvalue weighted by Crippen LogP contribution is -2.24. The van der Waals surface area contributed by atoms with Gasteiger partial charge in [-0.2, -0.15) is 0 Å². The predicted octanol–water partition coefficient (Wildman–Crippen LogP) is 3.62. The molecule has 1 aliphatic heterocycles. The minimum absolute atomic E-state index is 0.0111. The van der Waals surface area contributed by atoms with E-state index in [4.69, 9.17) is 11.6 Å². The Morgan fingerprint density at radius 1 is 0.906 bits per heavy atom. The highest BCUT2D eigenvalue weighted by molar-refractivity contribution is 7.92. The second-order valence-corrected chi connectivity index (χ2v) is 9.11. The Kier molecular flexibility index (Phi) is 5.45. The number of sulfonamides is 1. The molecule has 0 atom stereocenters. The van der Waals surface area contributed by atoms with E-state index in [2.05, 4.69) is 10.0 Å². The van der Waals surface area contributed by atoms with Gasteiger partial charge in [0.05, 0.1) is 27.3 Å². The number of nitrogens with one attached hydrogen (secondary N) is 2. The van der Waals surface area contributed by atoms with E-state index in [0.29, 0.717) is 10.7 Å². The van der Waals surface area contributed by atoms with Gasteiger partial charge in [-0.3, -0.25) is 24.0 Å². The van der Waals surface area contributed by atoms with Crippen LogP contribution in [0.15, 0.2) is 71.6 Å². The van der Waals surface area contributed by atoms with Gasteiger partial charge in [0.2, 0.25) is 0 Å². The van der Waals surface area contributed by atoms with Gasteiger partial charge in [-0.1, -0.05) is 23.7 Å². The molecular weight excluding hydrogens is 454 g/mol. The Bertz CT molecular complexity index is 1370. The molecule has 8 nitrogen and oxygen atoms in total. The number of carbonyl (C=O) groups excluding carboxylic acids is 3. The quantitative estimate of drug-likeness (QED) is 0.554. The molecule has 1 aliphatic rings. The van der Waals surface area contributed by atoms with E-state index in [9.17, 15) is 22.8 Å². The summed E-state index contributed by atoms with van der Waals surface area (Å²) in [4.78, 5) is 38.1. The lowest BCUT2D eigenvalue weighted by Gasteiger charge is -2.13. The lowest BCUT2D eigenvalue weighted by molar-refractivity contribution is 0.0692. The third kappa shape index (κ3) is 3.95. The molecule has 1 heterocycles. The van der Waals surface area contributed by atoms with Crippen LogP contribution >= 0.6 is 11.6 Å². The summed E-state index contributed by atoms with van der Waals surface area (Å²) in [5, 5.41) is 3.03. The van der Waals surface area contributed by atoms with Crippen LogP contribution in [0, 0.1) is 0 Å². The van der Waals surface area contributed by atoms with Gasteiger partial charge in [0.1, 0.15) is 0 Å². The molecule has 32 heavy (non-hydrogen) atoms. The Hall–Kier alpha value is -3.69. The molecule has 4 rings (SSSR count). The zero-order chi connectivity index (χ0) is 23.0. The van der Waals surface area contributed by atoms with E-state index in [0.717, 1.165) is 4.90 Å². The standard InChI is InChI=1S/C22H16ClN3O5S/c1-26-21(28)16-11-8-14(12-18(16)22(26)29)24-20(27)17-4-2-3-5-19(17)25-32(30,31)15-9-6-13(23)7-10-15/h2-12,25H,1H3,(H,24,27). The van der Waals surface area contributed by atoms with E-state index >= 15 is 0 Å². The number of benzene rings is 3. The van der Waals surface area contributed by atoms with Crippen molar-refractivity contribution >= 4 is 50.7 Å². The number of nitrogens with zero attached hydrogens (tertiary/aromatic N) is 1. The van der Waals surface area contributed by atoms with Crippen molar-refractivity contribution in [2.24, 2.45) is 0 Å². The van der Waals surface area contributed by atoms with Crippen LogP contribution in [0.5, 0.6) is 0 Å². The zero-order valence-corrected chi connectivity index (χ0v) is 18.2.